The lowest BCUT2D eigenvalue weighted by molar-refractivity contribution is -0.143. The quantitative estimate of drug-likeness (QED) is 0.424. The molecule has 0 radical (unpaired) electrons. The van der Waals surface area contributed by atoms with Crippen molar-refractivity contribution in [2.75, 3.05) is 20.2 Å². The van der Waals surface area contributed by atoms with Crippen LogP contribution in [0, 0.1) is 5.41 Å². The highest BCUT2D eigenvalue weighted by atomic mass is 16.5. The molecule has 0 unspecified atom stereocenters. The number of ether oxygens (including phenoxy) is 1. The maximum atomic E-state index is 13.6. The normalized spacial score (nSPS) is 11.6. The van der Waals surface area contributed by atoms with Gasteiger partial charge in [0.2, 0.25) is 11.8 Å². The minimum atomic E-state index is -0.134. The number of carbonyl (C=O) groups is 2. The van der Waals surface area contributed by atoms with Crippen molar-refractivity contribution in [2.24, 2.45) is 5.41 Å². The van der Waals surface area contributed by atoms with Crippen molar-refractivity contribution in [1.82, 2.24) is 14.8 Å². The fraction of sp³-hybridized carbons (Fsp3) is 0.448. The number of hydrogen-bond donors (Lipinski definition) is 1. The van der Waals surface area contributed by atoms with Gasteiger partial charge in [0.15, 0.2) is 0 Å². The Hall–Kier alpha value is -3.28. The van der Waals surface area contributed by atoms with Crippen LogP contribution in [0.25, 0.3) is 10.9 Å². The average molecular weight is 478 g/mol. The summed E-state index contributed by atoms with van der Waals surface area (Å²) < 4.78 is 5.28. The Labute approximate surface area is 209 Å². The largest absolute Gasteiger partial charge is 0.497 e. The molecule has 35 heavy (non-hydrogen) atoms. The lowest BCUT2D eigenvalue weighted by Gasteiger charge is -2.32. The average Bonchev–Trinajstić information content (AvgIpc) is 3.22. The summed E-state index contributed by atoms with van der Waals surface area (Å²) in [5.41, 5.74) is 3.16. The van der Waals surface area contributed by atoms with E-state index in [1.165, 1.54) is 10.9 Å². The molecule has 6 heteroatoms. The van der Waals surface area contributed by atoms with E-state index in [4.69, 9.17) is 4.74 Å². The first-order chi connectivity index (χ1) is 16.6. The molecule has 0 aliphatic heterocycles. The first-order valence-electron chi connectivity index (χ1n) is 12.3. The zero-order valence-corrected chi connectivity index (χ0v) is 21.9. The van der Waals surface area contributed by atoms with Gasteiger partial charge in [0, 0.05) is 42.7 Å². The highest BCUT2D eigenvalue weighted by Crippen LogP contribution is 2.22. The molecule has 0 aliphatic carbocycles. The van der Waals surface area contributed by atoms with Gasteiger partial charge in [-0.3, -0.25) is 9.59 Å². The predicted octanol–water partition coefficient (Wildman–Crippen LogP) is 5.42. The maximum Gasteiger partial charge on any atom is 0.242 e. The predicted molar refractivity (Wildman–Crippen MR) is 141 cm³/mol. The third-order valence-electron chi connectivity index (χ3n) is 6.14. The van der Waals surface area contributed by atoms with Crippen LogP contribution >= 0.6 is 0 Å². The monoisotopic (exact) mass is 477 g/mol. The third-order valence-corrected chi connectivity index (χ3v) is 6.14. The van der Waals surface area contributed by atoms with Gasteiger partial charge in [0.05, 0.1) is 13.7 Å². The standard InChI is InChI=1S/C29H39N3O3/c1-21(2)32(27(33)17-29(3,4)5)20-28(34)31(19-22-11-13-24(35-6)14-12-22)16-15-23-18-30-26-10-8-7-9-25(23)26/h7-14,18,21,30H,15-17,19-20H2,1-6H3. The van der Waals surface area contributed by atoms with Gasteiger partial charge in [0.1, 0.15) is 5.75 Å². The Kier molecular flexibility index (Phi) is 8.60. The first kappa shape index (κ1) is 26.3. The fourth-order valence-corrected chi connectivity index (χ4v) is 4.20. The van der Waals surface area contributed by atoms with E-state index in [1.807, 2.05) is 82.1 Å². The summed E-state index contributed by atoms with van der Waals surface area (Å²) in [5.74, 6) is 0.752. The lowest BCUT2D eigenvalue weighted by atomic mass is 9.91. The molecule has 0 saturated carbocycles. The SMILES string of the molecule is COc1ccc(CN(CCc2c[nH]c3ccccc23)C(=O)CN(C(=O)CC(C)(C)C)C(C)C)cc1. The summed E-state index contributed by atoms with van der Waals surface area (Å²) in [6.07, 6.45) is 3.16. The summed E-state index contributed by atoms with van der Waals surface area (Å²) in [7, 11) is 1.64. The van der Waals surface area contributed by atoms with Crippen LogP contribution in [-0.4, -0.2) is 52.8 Å². The molecule has 1 N–H and O–H groups in total. The number of rotatable bonds is 10. The van der Waals surface area contributed by atoms with Crippen LogP contribution in [0.2, 0.25) is 0 Å². The van der Waals surface area contributed by atoms with E-state index in [9.17, 15) is 9.59 Å². The van der Waals surface area contributed by atoms with Crippen molar-refractivity contribution in [2.45, 2.75) is 60.0 Å². The maximum absolute atomic E-state index is 13.6. The number of nitrogens with one attached hydrogen (secondary N) is 1. The number of fused-ring (bicyclic) bond motifs is 1. The van der Waals surface area contributed by atoms with Gasteiger partial charge < -0.3 is 19.5 Å². The second-order valence-corrected chi connectivity index (χ2v) is 10.6. The van der Waals surface area contributed by atoms with E-state index in [2.05, 4.69) is 17.1 Å². The number of hydrogen-bond acceptors (Lipinski definition) is 3. The lowest BCUT2D eigenvalue weighted by Crippen LogP contribution is -2.46. The van der Waals surface area contributed by atoms with Gasteiger partial charge in [-0.15, -0.1) is 0 Å². The molecular weight excluding hydrogens is 438 g/mol. The minimum Gasteiger partial charge on any atom is -0.497 e. The number of methoxy groups -OCH3 is 1. The van der Waals surface area contributed by atoms with Crippen LogP contribution in [0.5, 0.6) is 5.75 Å². The van der Waals surface area contributed by atoms with Crippen molar-refractivity contribution in [3.8, 4) is 5.75 Å². The Bertz CT molecular complexity index is 1130. The van der Waals surface area contributed by atoms with Crippen LogP contribution < -0.4 is 4.74 Å². The number of H-pyrrole nitrogens is 1. The molecule has 0 saturated heterocycles. The molecule has 0 atom stereocenters. The van der Waals surface area contributed by atoms with Crippen molar-refractivity contribution in [3.05, 3.63) is 65.9 Å². The van der Waals surface area contributed by atoms with Gasteiger partial charge in [0.25, 0.3) is 0 Å². The molecule has 3 aromatic rings. The van der Waals surface area contributed by atoms with E-state index in [0.29, 0.717) is 19.5 Å². The van der Waals surface area contributed by atoms with Gasteiger partial charge in [-0.2, -0.15) is 0 Å². The van der Waals surface area contributed by atoms with Crippen molar-refractivity contribution in [1.29, 1.82) is 0 Å². The molecule has 2 amide bonds. The van der Waals surface area contributed by atoms with Crippen LogP contribution in [0.1, 0.15) is 52.2 Å². The Morgan fingerprint density at radius 1 is 1.00 bits per heavy atom. The van der Waals surface area contributed by atoms with Crippen LogP contribution in [0.15, 0.2) is 54.7 Å². The Morgan fingerprint density at radius 3 is 2.31 bits per heavy atom. The van der Waals surface area contributed by atoms with Crippen molar-refractivity contribution >= 4 is 22.7 Å². The molecule has 0 bridgehead atoms. The minimum absolute atomic E-state index is 0.0156. The molecule has 0 aliphatic rings. The molecule has 0 spiro atoms. The smallest absolute Gasteiger partial charge is 0.242 e. The van der Waals surface area contributed by atoms with E-state index >= 15 is 0 Å². The zero-order valence-electron chi connectivity index (χ0n) is 21.9. The van der Waals surface area contributed by atoms with Crippen molar-refractivity contribution < 1.29 is 14.3 Å². The summed E-state index contributed by atoms with van der Waals surface area (Å²) in [6, 6.07) is 15.9. The van der Waals surface area contributed by atoms with Crippen molar-refractivity contribution in [3.63, 3.8) is 0 Å². The zero-order chi connectivity index (χ0) is 25.6. The second-order valence-electron chi connectivity index (χ2n) is 10.6. The Morgan fingerprint density at radius 2 is 1.69 bits per heavy atom. The molecule has 3 rings (SSSR count). The van der Waals surface area contributed by atoms with Crippen LogP contribution in [0.3, 0.4) is 0 Å². The number of benzene rings is 2. The Balaban J connectivity index is 1.79. The molecular formula is C29H39N3O3. The first-order valence-corrected chi connectivity index (χ1v) is 12.3. The molecule has 1 aromatic heterocycles. The van der Waals surface area contributed by atoms with Gasteiger partial charge in [-0.1, -0.05) is 51.1 Å². The number of amides is 2. The highest BCUT2D eigenvalue weighted by Gasteiger charge is 2.27. The van der Waals surface area contributed by atoms with Crippen LogP contribution in [0.4, 0.5) is 0 Å². The van der Waals surface area contributed by atoms with E-state index in [0.717, 1.165) is 23.3 Å². The molecule has 6 nitrogen and oxygen atoms in total. The summed E-state index contributed by atoms with van der Waals surface area (Å²) >= 11 is 0. The number of aromatic amines is 1. The molecule has 1 heterocycles. The van der Waals surface area contributed by atoms with E-state index in [1.54, 1.807) is 12.0 Å². The number of aromatic nitrogens is 1. The number of nitrogens with zero attached hydrogens (tertiary/aromatic N) is 2. The third kappa shape index (κ3) is 7.35. The number of carbonyl (C=O) groups excluding carboxylic acids is 2. The second kappa shape index (κ2) is 11.4. The van der Waals surface area contributed by atoms with Gasteiger partial charge >= 0.3 is 0 Å². The van der Waals surface area contributed by atoms with Gasteiger partial charge in [-0.25, -0.2) is 0 Å². The highest BCUT2D eigenvalue weighted by molar-refractivity contribution is 5.86. The fourth-order valence-electron chi connectivity index (χ4n) is 4.20. The topological polar surface area (TPSA) is 65.6 Å². The molecule has 2 aromatic carbocycles. The molecule has 0 fully saturated rings. The van der Waals surface area contributed by atoms with Gasteiger partial charge in [-0.05, 0) is 55.0 Å². The molecule has 188 valence electrons. The van der Waals surface area contributed by atoms with E-state index in [-0.39, 0.29) is 29.8 Å². The summed E-state index contributed by atoms with van der Waals surface area (Å²) in [5, 5.41) is 1.17. The van der Waals surface area contributed by atoms with E-state index < -0.39 is 0 Å². The van der Waals surface area contributed by atoms with Crippen LogP contribution in [-0.2, 0) is 22.6 Å². The number of para-hydroxylation sites is 1. The summed E-state index contributed by atoms with van der Waals surface area (Å²) in [6.45, 7) is 11.2. The summed E-state index contributed by atoms with van der Waals surface area (Å²) in [4.78, 5) is 33.5.